The molecule has 0 amide bonds. The van der Waals surface area contributed by atoms with Crippen LogP contribution in [0.2, 0.25) is 0 Å². The average molecular weight is 306 g/mol. The lowest BCUT2D eigenvalue weighted by atomic mass is 9.78. The molecule has 124 valence electrons. The summed E-state index contributed by atoms with van der Waals surface area (Å²) in [4.78, 5) is 8.54. The van der Waals surface area contributed by atoms with Gasteiger partial charge in [-0.3, -0.25) is 9.67 Å². The molecule has 0 aliphatic heterocycles. The van der Waals surface area contributed by atoms with Crippen molar-refractivity contribution >= 4 is 5.96 Å². The highest BCUT2D eigenvalue weighted by Crippen LogP contribution is 2.31. The quantitative estimate of drug-likeness (QED) is 0.646. The highest BCUT2D eigenvalue weighted by atomic mass is 15.3. The summed E-state index contributed by atoms with van der Waals surface area (Å²) in [5.74, 6) is 3.23. The van der Waals surface area contributed by atoms with Gasteiger partial charge in [-0.2, -0.15) is 5.10 Å². The molecule has 1 aliphatic rings. The number of guanidine groups is 1. The summed E-state index contributed by atoms with van der Waals surface area (Å²) in [5, 5.41) is 10.9. The van der Waals surface area contributed by atoms with E-state index in [1.165, 1.54) is 32.1 Å². The largest absolute Gasteiger partial charge is 0.354 e. The molecule has 1 fully saturated rings. The third-order valence-electron chi connectivity index (χ3n) is 4.99. The highest BCUT2D eigenvalue weighted by Gasteiger charge is 2.24. The molecule has 2 atom stereocenters. The second-order valence-electron chi connectivity index (χ2n) is 6.42. The van der Waals surface area contributed by atoms with Crippen LogP contribution in [0.5, 0.6) is 0 Å². The van der Waals surface area contributed by atoms with Gasteiger partial charge in [0.2, 0.25) is 0 Å². The predicted octanol–water partition coefficient (Wildman–Crippen LogP) is 2.08. The van der Waals surface area contributed by atoms with E-state index in [4.69, 9.17) is 0 Å². The Bertz CT molecular complexity index is 475. The molecule has 0 spiro atoms. The van der Waals surface area contributed by atoms with E-state index >= 15 is 0 Å². The van der Waals surface area contributed by atoms with E-state index in [9.17, 15) is 0 Å². The molecule has 1 heterocycles. The number of hydrogen-bond acceptors (Lipinski definition) is 3. The Balaban J connectivity index is 1.82. The number of aromatic nitrogens is 3. The first-order valence-electron chi connectivity index (χ1n) is 8.42. The van der Waals surface area contributed by atoms with Gasteiger partial charge < -0.3 is 10.6 Å². The van der Waals surface area contributed by atoms with Crippen LogP contribution in [0.15, 0.2) is 11.3 Å². The number of aryl methyl sites for hydroxylation is 1. The molecule has 0 aromatic carbocycles. The Morgan fingerprint density at radius 2 is 2.09 bits per heavy atom. The zero-order valence-electron chi connectivity index (χ0n) is 14.3. The Morgan fingerprint density at radius 3 is 2.68 bits per heavy atom. The van der Waals surface area contributed by atoms with Gasteiger partial charge in [0, 0.05) is 20.1 Å². The Kier molecular flexibility index (Phi) is 6.21. The molecule has 1 saturated carbocycles. The van der Waals surface area contributed by atoms with Crippen molar-refractivity contribution in [3.63, 3.8) is 0 Å². The first kappa shape index (κ1) is 16.8. The van der Waals surface area contributed by atoms with Gasteiger partial charge in [-0.05, 0) is 18.8 Å². The van der Waals surface area contributed by atoms with E-state index in [2.05, 4.69) is 39.6 Å². The first-order valence-corrected chi connectivity index (χ1v) is 8.42. The van der Waals surface area contributed by atoms with Crippen molar-refractivity contribution in [1.82, 2.24) is 25.4 Å². The van der Waals surface area contributed by atoms with E-state index in [1.807, 2.05) is 14.1 Å². The molecular formula is C16H30N6. The first-order chi connectivity index (χ1) is 10.6. The van der Waals surface area contributed by atoms with Crippen molar-refractivity contribution in [1.29, 1.82) is 0 Å². The van der Waals surface area contributed by atoms with E-state index < -0.39 is 0 Å². The normalized spacial score (nSPS) is 19.7. The molecule has 22 heavy (non-hydrogen) atoms. The fourth-order valence-electron chi connectivity index (χ4n) is 3.25. The van der Waals surface area contributed by atoms with Crippen LogP contribution >= 0.6 is 0 Å². The van der Waals surface area contributed by atoms with Crippen LogP contribution in [-0.4, -0.2) is 33.8 Å². The summed E-state index contributed by atoms with van der Waals surface area (Å²) in [6.07, 6.45) is 8.50. The summed E-state index contributed by atoms with van der Waals surface area (Å²) in [5.41, 5.74) is 0. The van der Waals surface area contributed by atoms with Crippen molar-refractivity contribution in [3.8, 4) is 0 Å². The SMILES string of the molecule is CN=C(NCc1ncnn1C)NC(C)C(C)C1CCCCC1. The second kappa shape index (κ2) is 8.15. The molecular weight excluding hydrogens is 276 g/mol. The molecule has 6 heteroatoms. The summed E-state index contributed by atoms with van der Waals surface area (Å²) in [6, 6.07) is 0.411. The van der Waals surface area contributed by atoms with Crippen molar-refractivity contribution in [2.45, 2.75) is 58.5 Å². The summed E-state index contributed by atoms with van der Waals surface area (Å²) in [7, 11) is 3.71. The molecule has 2 N–H and O–H groups in total. The summed E-state index contributed by atoms with van der Waals surface area (Å²) < 4.78 is 1.77. The van der Waals surface area contributed by atoms with Crippen LogP contribution in [0.4, 0.5) is 0 Å². The lowest BCUT2D eigenvalue weighted by Gasteiger charge is -2.32. The Morgan fingerprint density at radius 1 is 1.36 bits per heavy atom. The van der Waals surface area contributed by atoms with Crippen molar-refractivity contribution in [2.24, 2.45) is 23.9 Å². The van der Waals surface area contributed by atoms with Crippen LogP contribution in [0, 0.1) is 11.8 Å². The van der Waals surface area contributed by atoms with Gasteiger partial charge in [-0.15, -0.1) is 0 Å². The maximum atomic E-state index is 4.32. The van der Waals surface area contributed by atoms with Gasteiger partial charge in [-0.25, -0.2) is 4.98 Å². The molecule has 2 unspecified atom stereocenters. The summed E-state index contributed by atoms with van der Waals surface area (Å²) in [6.45, 7) is 5.25. The Labute approximate surface area is 133 Å². The zero-order chi connectivity index (χ0) is 15.9. The monoisotopic (exact) mass is 306 g/mol. The molecule has 1 aromatic heterocycles. The van der Waals surface area contributed by atoms with Crippen LogP contribution < -0.4 is 10.6 Å². The maximum Gasteiger partial charge on any atom is 0.191 e. The molecule has 0 bridgehead atoms. The zero-order valence-corrected chi connectivity index (χ0v) is 14.3. The van der Waals surface area contributed by atoms with Crippen molar-refractivity contribution in [2.75, 3.05) is 7.05 Å². The number of hydrogen-bond donors (Lipinski definition) is 2. The number of nitrogens with zero attached hydrogens (tertiary/aromatic N) is 4. The molecule has 0 radical (unpaired) electrons. The molecule has 1 aromatic rings. The van der Waals surface area contributed by atoms with Gasteiger partial charge in [0.15, 0.2) is 5.96 Å². The number of nitrogens with one attached hydrogen (secondary N) is 2. The molecule has 0 saturated heterocycles. The highest BCUT2D eigenvalue weighted by molar-refractivity contribution is 5.79. The fraction of sp³-hybridized carbons (Fsp3) is 0.812. The van der Waals surface area contributed by atoms with E-state index in [0.29, 0.717) is 18.5 Å². The van der Waals surface area contributed by atoms with Gasteiger partial charge in [-0.1, -0.05) is 39.0 Å². The molecule has 1 aliphatic carbocycles. The van der Waals surface area contributed by atoms with Gasteiger partial charge in [0.05, 0.1) is 6.54 Å². The predicted molar refractivity (Wildman–Crippen MR) is 89.5 cm³/mol. The van der Waals surface area contributed by atoms with Crippen LogP contribution in [0.25, 0.3) is 0 Å². The van der Waals surface area contributed by atoms with Crippen molar-refractivity contribution < 1.29 is 0 Å². The summed E-state index contributed by atoms with van der Waals surface area (Å²) >= 11 is 0. The second-order valence-corrected chi connectivity index (χ2v) is 6.42. The lowest BCUT2D eigenvalue weighted by molar-refractivity contribution is 0.229. The topological polar surface area (TPSA) is 67.1 Å². The van der Waals surface area contributed by atoms with E-state index in [-0.39, 0.29) is 0 Å². The third kappa shape index (κ3) is 4.45. The number of rotatable bonds is 5. The smallest absolute Gasteiger partial charge is 0.191 e. The molecule has 6 nitrogen and oxygen atoms in total. The van der Waals surface area contributed by atoms with Crippen LogP contribution in [0.1, 0.15) is 51.8 Å². The fourth-order valence-corrected chi connectivity index (χ4v) is 3.25. The van der Waals surface area contributed by atoms with E-state index in [0.717, 1.165) is 17.7 Å². The molecule has 2 rings (SSSR count). The minimum atomic E-state index is 0.411. The minimum absolute atomic E-state index is 0.411. The Hall–Kier alpha value is -1.59. The maximum absolute atomic E-state index is 4.32. The van der Waals surface area contributed by atoms with Crippen molar-refractivity contribution in [3.05, 3.63) is 12.2 Å². The minimum Gasteiger partial charge on any atom is -0.354 e. The average Bonchev–Trinajstić information content (AvgIpc) is 2.96. The van der Waals surface area contributed by atoms with Gasteiger partial charge in [0.25, 0.3) is 0 Å². The van der Waals surface area contributed by atoms with Gasteiger partial charge >= 0.3 is 0 Å². The lowest BCUT2D eigenvalue weighted by Crippen LogP contribution is -2.46. The van der Waals surface area contributed by atoms with E-state index in [1.54, 1.807) is 11.0 Å². The van der Waals surface area contributed by atoms with Gasteiger partial charge in [0.1, 0.15) is 12.2 Å². The van der Waals surface area contributed by atoms with Crippen LogP contribution in [-0.2, 0) is 13.6 Å². The van der Waals surface area contributed by atoms with Crippen LogP contribution in [0.3, 0.4) is 0 Å². The number of aliphatic imine (C=N–C) groups is 1. The standard InChI is InChI=1S/C16H30N6/c1-12(14-8-6-5-7-9-14)13(2)21-16(17-3)18-10-15-19-11-20-22(15)4/h11-14H,5-10H2,1-4H3,(H2,17,18,21). The third-order valence-corrected chi connectivity index (χ3v) is 4.99.